The minimum Gasteiger partial charge on any atom is -0.484 e. The van der Waals surface area contributed by atoms with E-state index in [1.165, 1.54) is 24.3 Å². The van der Waals surface area contributed by atoms with Crippen molar-refractivity contribution in [3.63, 3.8) is 0 Å². The zero-order valence-electron chi connectivity index (χ0n) is 18.6. The van der Waals surface area contributed by atoms with Crippen molar-refractivity contribution in [3.8, 4) is 11.5 Å². The first kappa shape index (κ1) is 25.5. The van der Waals surface area contributed by atoms with Crippen LogP contribution in [0.1, 0.15) is 32.1 Å². The van der Waals surface area contributed by atoms with Gasteiger partial charge in [-0.2, -0.15) is 0 Å². The van der Waals surface area contributed by atoms with Gasteiger partial charge in [0, 0.05) is 17.7 Å². The van der Waals surface area contributed by atoms with Gasteiger partial charge in [-0.15, -0.1) is 0 Å². The van der Waals surface area contributed by atoms with E-state index in [1.807, 2.05) is 0 Å². The number of rotatable bonds is 8. The first-order valence-electron chi connectivity index (χ1n) is 11.1. The van der Waals surface area contributed by atoms with Crippen molar-refractivity contribution in [3.05, 3.63) is 58.1 Å². The number of aliphatic hydroxyl groups is 1. The van der Waals surface area contributed by atoms with E-state index in [9.17, 15) is 23.5 Å². The van der Waals surface area contributed by atoms with Gasteiger partial charge in [0.05, 0.1) is 21.7 Å². The summed E-state index contributed by atoms with van der Waals surface area (Å²) >= 11 is 11.4. The van der Waals surface area contributed by atoms with Crippen molar-refractivity contribution in [1.29, 1.82) is 0 Å². The molecule has 0 heterocycles. The van der Waals surface area contributed by atoms with Gasteiger partial charge in [0.25, 0.3) is 11.8 Å². The van der Waals surface area contributed by atoms with Gasteiger partial charge < -0.3 is 25.2 Å². The SMILES string of the molecule is O=C(COc1ccc(F)c(Cl)c1)NC12CCC(NC(=O)COc3ccc(Cl)c(F)c3)(CC1)[C@@H](O)C2. The maximum Gasteiger partial charge on any atom is 0.258 e. The summed E-state index contributed by atoms with van der Waals surface area (Å²) in [6.45, 7) is -0.632. The molecule has 2 aromatic carbocycles. The maximum absolute atomic E-state index is 13.5. The average molecular weight is 529 g/mol. The molecule has 2 amide bonds. The summed E-state index contributed by atoms with van der Waals surface area (Å²) in [6.07, 6.45) is 1.43. The standard InChI is InChI=1S/C24H24Cl2F2N2O5/c25-16-3-1-15(10-19(16)28)35-13-22(33)30-24-7-5-23(6-8-24,11-20(24)31)29-21(32)12-34-14-2-4-18(27)17(26)9-14/h1-4,9-10,20,31H,5-8,11-13H2,(H,29,32)(H,30,33)/t20-,23?,24?/m0/s1. The van der Waals surface area contributed by atoms with Crippen LogP contribution in [0.2, 0.25) is 10.0 Å². The molecule has 35 heavy (non-hydrogen) atoms. The molecule has 2 bridgehead atoms. The fourth-order valence-corrected chi connectivity index (χ4v) is 5.03. The highest BCUT2D eigenvalue weighted by Crippen LogP contribution is 2.47. The van der Waals surface area contributed by atoms with E-state index in [0.29, 0.717) is 25.7 Å². The predicted molar refractivity (Wildman–Crippen MR) is 125 cm³/mol. The Kier molecular flexibility index (Phi) is 7.40. The third-order valence-electron chi connectivity index (χ3n) is 6.64. The zero-order valence-corrected chi connectivity index (χ0v) is 20.1. The summed E-state index contributed by atoms with van der Waals surface area (Å²) in [5.41, 5.74) is -1.43. The minimum atomic E-state index is -0.876. The van der Waals surface area contributed by atoms with Crippen molar-refractivity contribution >= 4 is 35.0 Å². The quantitative estimate of drug-likeness (QED) is 0.484. The molecule has 11 heteroatoms. The Labute approximate surface area is 210 Å². The Morgan fingerprint density at radius 3 is 2.09 bits per heavy atom. The molecule has 0 aromatic heterocycles. The summed E-state index contributed by atoms with van der Waals surface area (Å²) in [5, 5.41) is 16.5. The summed E-state index contributed by atoms with van der Waals surface area (Å²) in [6, 6.07) is 7.70. The molecule has 3 aliphatic carbocycles. The van der Waals surface area contributed by atoms with Gasteiger partial charge in [0.1, 0.15) is 23.1 Å². The second-order valence-electron chi connectivity index (χ2n) is 8.98. The van der Waals surface area contributed by atoms with Crippen molar-refractivity contribution < 1.29 is 33.0 Å². The van der Waals surface area contributed by atoms with Crippen LogP contribution in [0.5, 0.6) is 11.5 Å². The number of carbonyl (C=O) groups is 2. The molecular formula is C24H24Cl2F2N2O5. The Morgan fingerprint density at radius 2 is 1.49 bits per heavy atom. The van der Waals surface area contributed by atoms with Crippen LogP contribution in [0.15, 0.2) is 36.4 Å². The Bertz CT molecular complexity index is 1130. The van der Waals surface area contributed by atoms with Crippen molar-refractivity contribution in [2.75, 3.05) is 13.2 Å². The molecule has 2 aromatic rings. The largest absolute Gasteiger partial charge is 0.484 e. The van der Waals surface area contributed by atoms with E-state index in [-0.39, 0.29) is 47.1 Å². The lowest BCUT2D eigenvalue weighted by Gasteiger charge is -2.56. The molecule has 7 nitrogen and oxygen atoms in total. The monoisotopic (exact) mass is 528 g/mol. The Hall–Kier alpha value is -2.62. The van der Waals surface area contributed by atoms with Crippen LogP contribution in [0.4, 0.5) is 8.78 Å². The van der Waals surface area contributed by atoms with Gasteiger partial charge in [-0.25, -0.2) is 8.78 Å². The van der Waals surface area contributed by atoms with Crippen molar-refractivity contribution in [1.82, 2.24) is 10.6 Å². The summed E-state index contributed by atoms with van der Waals surface area (Å²) in [4.78, 5) is 25.0. The molecule has 0 saturated heterocycles. The number of amides is 2. The van der Waals surface area contributed by atoms with E-state index < -0.39 is 34.7 Å². The van der Waals surface area contributed by atoms with Crippen LogP contribution >= 0.6 is 23.2 Å². The van der Waals surface area contributed by atoms with Gasteiger partial charge in [-0.05, 0) is 56.4 Å². The second kappa shape index (κ2) is 10.2. The van der Waals surface area contributed by atoms with Gasteiger partial charge >= 0.3 is 0 Å². The van der Waals surface area contributed by atoms with Crippen LogP contribution in [-0.4, -0.2) is 47.3 Å². The summed E-state index contributed by atoms with van der Waals surface area (Å²) in [7, 11) is 0. The third kappa shape index (κ3) is 5.79. The molecular weight excluding hydrogens is 505 g/mol. The highest BCUT2D eigenvalue weighted by Gasteiger charge is 2.55. The van der Waals surface area contributed by atoms with Crippen LogP contribution in [0, 0.1) is 11.6 Å². The fourth-order valence-electron chi connectivity index (χ4n) is 4.74. The highest BCUT2D eigenvalue weighted by atomic mass is 35.5. The predicted octanol–water partition coefficient (Wildman–Crippen LogP) is 3.78. The van der Waals surface area contributed by atoms with Crippen LogP contribution in [0.25, 0.3) is 0 Å². The van der Waals surface area contributed by atoms with E-state index in [1.54, 1.807) is 0 Å². The molecule has 0 aliphatic heterocycles. The van der Waals surface area contributed by atoms with E-state index >= 15 is 0 Å². The number of benzene rings is 2. The number of carbonyl (C=O) groups excluding carboxylic acids is 2. The van der Waals surface area contributed by atoms with Gasteiger partial charge in [-0.1, -0.05) is 23.2 Å². The lowest BCUT2D eigenvalue weighted by Crippen LogP contribution is -2.70. The number of halogens is 4. The minimum absolute atomic E-state index is 0.0461. The lowest BCUT2D eigenvalue weighted by molar-refractivity contribution is -0.137. The van der Waals surface area contributed by atoms with E-state index in [2.05, 4.69) is 10.6 Å². The van der Waals surface area contributed by atoms with E-state index in [4.69, 9.17) is 32.7 Å². The first-order chi connectivity index (χ1) is 16.6. The summed E-state index contributed by atoms with van der Waals surface area (Å²) < 4.78 is 37.5. The maximum atomic E-state index is 13.5. The number of fused-ring (bicyclic) bond motifs is 3. The third-order valence-corrected chi connectivity index (χ3v) is 7.23. The average Bonchev–Trinajstić information content (AvgIpc) is 2.82. The molecule has 0 unspecified atom stereocenters. The molecule has 0 spiro atoms. The number of hydrogen-bond acceptors (Lipinski definition) is 5. The van der Waals surface area contributed by atoms with Crippen molar-refractivity contribution in [2.24, 2.45) is 0 Å². The topological polar surface area (TPSA) is 96.9 Å². The Balaban J connectivity index is 1.28. The fraction of sp³-hybridized carbons (Fsp3) is 0.417. The van der Waals surface area contributed by atoms with Crippen LogP contribution in [-0.2, 0) is 9.59 Å². The second-order valence-corrected chi connectivity index (χ2v) is 9.80. The number of nitrogens with one attached hydrogen (secondary N) is 2. The number of hydrogen-bond donors (Lipinski definition) is 3. The van der Waals surface area contributed by atoms with Gasteiger partial charge in [-0.3, -0.25) is 9.59 Å². The lowest BCUT2D eigenvalue weighted by atomic mass is 9.60. The number of ether oxygens (including phenoxy) is 2. The molecule has 0 radical (unpaired) electrons. The molecule has 1 atom stereocenters. The van der Waals surface area contributed by atoms with Gasteiger partial charge in [0.2, 0.25) is 0 Å². The van der Waals surface area contributed by atoms with Gasteiger partial charge in [0.15, 0.2) is 13.2 Å². The van der Waals surface area contributed by atoms with Crippen LogP contribution in [0.3, 0.4) is 0 Å². The zero-order chi connectivity index (χ0) is 25.2. The molecule has 3 fully saturated rings. The summed E-state index contributed by atoms with van der Waals surface area (Å²) in [5.74, 6) is -1.62. The molecule has 3 N–H and O–H groups in total. The Morgan fingerprint density at radius 1 is 0.886 bits per heavy atom. The first-order valence-corrected chi connectivity index (χ1v) is 11.8. The molecule has 3 saturated carbocycles. The van der Waals surface area contributed by atoms with E-state index in [0.717, 1.165) is 12.1 Å². The van der Waals surface area contributed by atoms with Crippen molar-refractivity contribution in [2.45, 2.75) is 49.3 Å². The molecule has 3 aliphatic rings. The normalized spacial score (nSPS) is 25.1. The number of aliphatic hydroxyl groups excluding tert-OH is 1. The highest BCUT2D eigenvalue weighted by molar-refractivity contribution is 6.31. The molecule has 5 rings (SSSR count). The smallest absolute Gasteiger partial charge is 0.258 e. The van der Waals surface area contributed by atoms with Crippen LogP contribution < -0.4 is 20.1 Å². The molecule has 188 valence electrons.